The van der Waals surface area contributed by atoms with Gasteiger partial charge in [-0.3, -0.25) is 4.79 Å². The fourth-order valence-corrected chi connectivity index (χ4v) is 1.67. The Morgan fingerprint density at radius 1 is 1.38 bits per heavy atom. The van der Waals surface area contributed by atoms with Gasteiger partial charge in [-0.15, -0.1) is 0 Å². The van der Waals surface area contributed by atoms with Gasteiger partial charge in [0.1, 0.15) is 0 Å². The zero-order valence-corrected chi connectivity index (χ0v) is 9.28. The number of rotatable bonds is 4. The smallest absolute Gasteiger partial charge is 0.238 e. The van der Waals surface area contributed by atoms with Crippen LogP contribution in [0.5, 0.6) is 0 Å². The second-order valence-electron chi connectivity index (χ2n) is 3.19. The third kappa shape index (κ3) is 3.84. The molecule has 0 atom stereocenters. The molecule has 16 heavy (non-hydrogen) atoms. The molecular weight excluding hydrogens is 228 g/mol. The summed E-state index contributed by atoms with van der Waals surface area (Å²) in [7, 11) is -3.69. The number of primary amides is 1. The molecule has 4 N–H and O–H groups in total. The van der Waals surface area contributed by atoms with Gasteiger partial charge in [-0.25, -0.2) is 13.6 Å². The van der Waals surface area contributed by atoms with Crippen molar-refractivity contribution in [3.8, 4) is 0 Å². The minimum absolute atomic E-state index is 0.0359. The normalized spacial score (nSPS) is 11.8. The molecule has 5 nitrogen and oxygen atoms in total. The summed E-state index contributed by atoms with van der Waals surface area (Å²) in [5.74, 6) is -0.446. The van der Waals surface area contributed by atoms with Crippen LogP contribution in [-0.2, 0) is 14.8 Å². The number of sulfonamides is 1. The Morgan fingerprint density at radius 3 is 2.62 bits per heavy atom. The van der Waals surface area contributed by atoms with Crippen molar-refractivity contribution in [2.24, 2.45) is 10.9 Å². The lowest BCUT2D eigenvalue weighted by Crippen LogP contribution is -2.12. The molecule has 86 valence electrons. The Labute approximate surface area is 93.8 Å². The van der Waals surface area contributed by atoms with Gasteiger partial charge in [0.15, 0.2) is 0 Å². The van der Waals surface area contributed by atoms with Gasteiger partial charge in [-0.05, 0) is 17.7 Å². The van der Waals surface area contributed by atoms with Crippen molar-refractivity contribution in [2.45, 2.75) is 11.3 Å². The molecule has 1 aromatic carbocycles. The van der Waals surface area contributed by atoms with Gasteiger partial charge in [0, 0.05) is 6.42 Å². The number of primary sulfonamides is 1. The summed E-state index contributed by atoms with van der Waals surface area (Å²) >= 11 is 0. The summed E-state index contributed by atoms with van der Waals surface area (Å²) in [6.07, 6.45) is 3.28. The van der Waals surface area contributed by atoms with Crippen LogP contribution < -0.4 is 10.9 Å². The molecule has 0 unspecified atom stereocenters. The van der Waals surface area contributed by atoms with E-state index in [2.05, 4.69) is 0 Å². The van der Waals surface area contributed by atoms with E-state index in [0.29, 0.717) is 5.56 Å². The van der Waals surface area contributed by atoms with E-state index in [1.807, 2.05) is 0 Å². The number of carbonyl (C=O) groups is 1. The molecule has 1 amide bonds. The third-order valence-corrected chi connectivity index (χ3v) is 2.73. The van der Waals surface area contributed by atoms with Crippen molar-refractivity contribution in [3.63, 3.8) is 0 Å². The van der Waals surface area contributed by atoms with Crippen LogP contribution >= 0.6 is 0 Å². The molecule has 0 aromatic heterocycles. The minimum atomic E-state index is -3.69. The third-order valence-electron chi connectivity index (χ3n) is 1.82. The summed E-state index contributed by atoms with van der Waals surface area (Å²) in [5, 5.41) is 4.98. The molecule has 0 aliphatic rings. The predicted molar refractivity (Wildman–Crippen MR) is 60.7 cm³/mol. The van der Waals surface area contributed by atoms with Crippen LogP contribution in [0, 0.1) is 0 Å². The van der Waals surface area contributed by atoms with E-state index in [-0.39, 0.29) is 11.3 Å². The van der Waals surface area contributed by atoms with Crippen molar-refractivity contribution in [2.75, 3.05) is 0 Å². The summed E-state index contributed by atoms with van der Waals surface area (Å²) in [6.45, 7) is 0. The molecule has 0 bridgehead atoms. The van der Waals surface area contributed by atoms with E-state index < -0.39 is 15.9 Å². The molecule has 0 aliphatic heterocycles. The number of hydrogen-bond acceptors (Lipinski definition) is 3. The van der Waals surface area contributed by atoms with E-state index in [9.17, 15) is 13.2 Å². The van der Waals surface area contributed by atoms with Crippen LogP contribution in [0.4, 0.5) is 0 Å². The van der Waals surface area contributed by atoms with Crippen LogP contribution in [0.2, 0.25) is 0 Å². The topological polar surface area (TPSA) is 103 Å². The van der Waals surface area contributed by atoms with Crippen LogP contribution in [0.3, 0.4) is 0 Å². The largest absolute Gasteiger partial charge is 0.369 e. The quantitative estimate of drug-likeness (QED) is 0.786. The number of hydrogen-bond donors (Lipinski definition) is 2. The molecule has 1 rings (SSSR count). The second kappa shape index (κ2) is 4.91. The molecule has 0 saturated heterocycles. The van der Waals surface area contributed by atoms with Crippen molar-refractivity contribution in [3.05, 3.63) is 35.9 Å². The number of benzene rings is 1. The highest BCUT2D eigenvalue weighted by Gasteiger charge is 2.06. The minimum Gasteiger partial charge on any atom is -0.369 e. The first kappa shape index (κ1) is 12.4. The van der Waals surface area contributed by atoms with Crippen molar-refractivity contribution in [1.82, 2.24) is 0 Å². The molecular formula is C10H12N2O3S. The maximum atomic E-state index is 11.0. The molecule has 1 aromatic rings. The zero-order valence-electron chi connectivity index (χ0n) is 8.46. The average Bonchev–Trinajstić information content (AvgIpc) is 2.16. The highest BCUT2D eigenvalue weighted by atomic mass is 32.2. The van der Waals surface area contributed by atoms with E-state index in [1.54, 1.807) is 24.3 Å². The highest BCUT2D eigenvalue weighted by molar-refractivity contribution is 7.89. The maximum absolute atomic E-state index is 11.0. The van der Waals surface area contributed by atoms with Crippen LogP contribution in [-0.4, -0.2) is 14.3 Å². The van der Waals surface area contributed by atoms with Gasteiger partial charge in [0.2, 0.25) is 15.9 Å². The van der Waals surface area contributed by atoms with E-state index in [1.165, 1.54) is 12.1 Å². The Bertz CT molecular complexity index is 521. The summed E-state index contributed by atoms with van der Waals surface area (Å²) in [5.41, 5.74) is 5.60. The van der Waals surface area contributed by atoms with Gasteiger partial charge in [-0.1, -0.05) is 24.3 Å². The fraction of sp³-hybridized carbons (Fsp3) is 0.100. The molecule has 0 radical (unpaired) electrons. The summed E-state index contributed by atoms with van der Waals surface area (Å²) in [4.78, 5) is 10.5. The Morgan fingerprint density at radius 2 is 2.06 bits per heavy atom. The Hall–Kier alpha value is -1.66. The Balaban J connectivity index is 2.92. The van der Waals surface area contributed by atoms with Crippen LogP contribution in [0.1, 0.15) is 12.0 Å². The average molecular weight is 240 g/mol. The van der Waals surface area contributed by atoms with Crippen molar-refractivity contribution in [1.29, 1.82) is 0 Å². The van der Waals surface area contributed by atoms with Crippen molar-refractivity contribution < 1.29 is 13.2 Å². The van der Waals surface area contributed by atoms with E-state index in [0.717, 1.165) is 0 Å². The lowest BCUT2D eigenvalue weighted by atomic mass is 10.2. The second-order valence-corrected chi connectivity index (χ2v) is 4.75. The van der Waals surface area contributed by atoms with Gasteiger partial charge < -0.3 is 5.73 Å². The molecule has 0 heterocycles. The molecule has 6 heteroatoms. The van der Waals surface area contributed by atoms with E-state index in [4.69, 9.17) is 10.9 Å². The first-order valence-corrected chi connectivity index (χ1v) is 6.02. The monoisotopic (exact) mass is 240 g/mol. The SMILES string of the molecule is NC(=O)CC=Cc1cccc(S(N)(=O)=O)c1. The van der Waals surface area contributed by atoms with Gasteiger partial charge in [0.05, 0.1) is 4.90 Å². The standard InChI is InChI=1S/C10H12N2O3S/c11-10(13)6-2-4-8-3-1-5-9(7-8)16(12,14)15/h1-5,7H,6H2,(H2,11,13)(H2,12,14,15). The molecule has 0 spiro atoms. The Kier molecular flexibility index (Phi) is 3.81. The predicted octanol–water partition coefficient (Wildman–Crippen LogP) is 0.223. The van der Waals surface area contributed by atoms with Gasteiger partial charge in [-0.2, -0.15) is 0 Å². The summed E-state index contributed by atoms with van der Waals surface area (Å²) < 4.78 is 22.1. The van der Waals surface area contributed by atoms with Crippen molar-refractivity contribution >= 4 is 22.0 Å². The van der Waals surface area contributed by atoms with Gasteiger partial charge >= 0.3 is 0 Å². The summed E-state index contributed by atoms with van der Waals surface area (Å²) in [6, 6.07) is 6.10. The number of carbonyl (C=O) groups excluding carboxylic acids is 1. The highest BCUT2D eigenvalue weighted by Crippen LogP contribution is 2.11. The maximum Gasteiger partial charge on any atom is 0.238 e. The fourth-order valence-electron chi connectivity index (χ4n) is 1.11. The molecule has 0 aliphatic carbocycles. The number of amides is 1. The number of nitrogens with two attached hydrogens (primary N) is 2. The van der Waals surface area contributed by atoms with Crippen LogP contribution in [0.25, 0.3) is 6.08 Å². The lowest BCUT2D eigenvalue weighted by molar-refractivity contribution is -0.117. The lowest BCUT2D eigenvalue weighted by Gasteiger charge is -1.99. The first-order chi connectivity index (χ1) is 7.39. The first-order valence-electron chi connectivity index (χ1n) is 4.47. The van der Waals surface area contributed by atoms with Gasteiger partial charge in [0.25, 0.3) is 0 Å². The molecule has 0 fully saturated rings. The van der Waals surface area contributed by atoms with E-state index >= 15 is 0 Å². The molecule has 0 saturated carbocycles. The zero-order chi connectivity index (χ0) is 12.2. The van der Waals surface area contributed by atoms with Crippen LogP contribution in [0.15, 0.2) is 35.2 Å².